The lowest BCUT2D eigenvalue weighted by molar-refractivity contribution is -0.127. The molecule has 0 radical (unpaired) electrons. The molecule has 1 unspecified atom stereocenters. The Balaban J connectivity index is 1.58. The quantitative estimate of drug-likeness (QED) is 0.486. The van der Waals surface area contributed by atoms with Crippen LogP contribution in [0.4, 0.5) is 4.39 Å². The van der Waals surface area contributed by atoms with Crippen molar-refractivity contribution in [1.82, 2.24) is 15.6 Å². The van der Waals surface area contributed by atoms with Crippen LogP contribution in [-0.2, 0) is 16.0 Å². The number of carbonyl (C=O) groups excluding carboxylic acids is 2. The topological polar surface area (TPSA) is 74.0 Å². The summed E-state index contributed by atoms with van der Waals surface area (Å²) in [4.78, 5) is 28.7. The molecule has 31 heavy (non-hydrogen) atoms. The maximum atomic E-state index is 13.4. The summed E-state index contributed by atoms with van der Waals surface area (Å²) in [6, 6.07) is 16.1. The molecule has 3 N–H and O–H groups in total. The number of hydrogen-bond acceptors (Lipinski definition) is 3. The van der Waals surface area contributed by atoms with E-state index in [9.17, 15) is 14.0 Å². The summed E-state index contributed by atoms with van der Waals surface area (Å²) in [7, 11) is 0. The minimum Gasteiger partial charge on any atom is -0.354 e. The van der Waals surface area contributed by atoms with Gasteiger partial charge in [0.2, 0.25) is 11.8 Å². The first-order valence-corrected chi connectivity index (χ1v) is 11.5. The number of H-pyrrole nitrogens is 1. The van der Waals surface area contributed by atoms with Gasteiger partial charge in [0.05, 0.1) is 0 Å². The lowest BCUT2D eigenvalue weighted by Gasteiger charge is -2.10. The Morgan fingerprint density at radius 3 is 2.68 bits per heavy atom. The van der Waals surface area contributed by atoms with E-state index in [1.165, 1.54) is 12.1 Å². The Labute approximate surface area is 184 Å². The van der Waals surface area contributed by atoms with Gasteiger partial charge in [-0.05, 0) is 78.3 Å². The number of aromatic amines is 1. The zero-order chi connectivity index (χ0) is 21.8. The Kier molecular flexibility index (Phi) is 6.42. The first kappa shape index (κ1) is 21.2. The third kappa shape index (κ3) is 4.99. The first-order chi connectivity index (χ1) is 15.0. The number of amides is 2. The summed E-state index contributed by atoms with van der Waals surface area (Å²) >= 11 is 1.67. The highest BCUT2D eigenvalue weighted by atomic mass is 32.2. The van der Waals surface area contributed by atoms with E-state index >= 15 is 0 Å². The fraction of sp³-hybridized carbons (Fsp3) is 0.250. The van der Waals surface area contributed by atoms with Crippen LogP contribution < -0.4 is 10.6 Å². The molecule has 0 bridgehead atoms. The molecule has 0 spiro atoms. The van der Waals surface area contributed by atoms with Crippen LogP contribution in [0.15, 0.2) is 59.5 Å². The molecule has 7 heteroatoms. The number of benzene rings is 2. The van der Waals surface area contributed by atoms with E-state index in [0.29, 0.717) is 19.4 Å². The maximum Gasteiger partial charge on any atom is 0.242 e. The third-order valence-corrected chi connectivity index (χ3v) is 6.14. The Morgan fingerprint density at radius 1 is 1.16 bits per heavy atom. The Bertz CT molecular complexity index is 1090. The number of thioether (sulfide) groups is 1. The molecular weight excluding hydrogens is 413 g/mol. The molecule has 1 aliphatic heterocycles. The van der Waals surface area contributed by atoms with E-state index in [2.05, 4.69) is 27.8 Å². The number of halogens is 1. The highest BCUT2D eigenvalue weighted by molar-refractivity contribution is 7.98. The third-order valence-electron chi connectivity index (χ3n) is 5.42. The van der Waals surface area contributed by atoms with Crippen molar-refractivity contribution in [3.05, 3.63) is 66.0 Å². The van der Waals surface area contributed by atoms with Gasteiger partial charge < -0.3 is 15.6 Å². The van der Waals surface area contributed by atoms with Gasteiger partial charge in [0, 0.05) is 29.2 Å². The van der Waals surface area contributed by atoms with Gasteiger partial charge in [0.1, 0.15) is 11.9 Å². The van der Waals surface area contributed by atoms with Crippen LogP contribution in [0.3, 0.4) is 0 Å². The van der Waals surface area contributed by atoms with Gasteiger partial charge in [0.15, 0.2) is 0 Å². The predicted molar refractivity (Wildman–Crippen MR) is 121 cm³/mol. The number of hydrogen-bond donors (Lipinski definition) is 3. The molecule has 2 heterocycles. The molecule has 2 amide bonds. The van der Waals surface area contributed by atoms with E-state index in [1.54, 1.807) is 23.9 Å². The van der Waals surface area contributed by atoms with Crippen molar-refractivity contribution < 1.29 is 14.0 Å². The number of rotatable bonds is 7. The molecular formula is C24H24FN3O2S. The van der Waals surface area contributed by atoms with Crippen molar-refractivity contribution in [1.29, 1.82) is 0 Å². The standard InChI is InChI=1S/C24H24FN3O2S/c1-31-19-4-2-3-16(13-19)21-14-17(23(28-21)15-5-8-18(25)9-6-15)7-10-22(29)27-20-11-12-26-24(20)30/h2-6,8-9,13-14,20,28H,7,10-12H2,1H3,(H,26,30)(H,27,29). The lowest BCUT2D eigenvalue weighted by Crippen LogP contribution is -2.40. The molecule has 1 atom stereocenters. The largest absolute Gasteiger partial charge is 0.354 e. The summed E-state index contributed by atoms with van der Waals surface area (Å²) in [6.45, 7) is 0.592. The van der Waals surface area contributed by atoms with Gasteiger partial charge in [-0.15, -0.1) is 11.8 Å². The summed E-state index contributed by atoms with van der Waals surface area (Å²) in [5.41, 5.74) is 4.70. The first-order valence-electron chi connectivity index (χ1n) is 10.2. The minimum atomic E-state index is -0.444. The zero-order valence-electron chi connectivity index (χ0n) is 17.2. The average molecular weight is 438 g/mol. The van der Waals surface area contributed by atoms with E-state index in [0.717, 1.165) is 33.0 Å². The molecule has 0 aliphatic carbocycles. The summed E-state index contributed by atoms with van der Waals surface area (Å²) in [6.07, 6.45) is 3.42. The average Bonchev–Trinajstić information content (AvgIpc) is 3.39. The van der Waals surface area contributed by atoms with Gasteiger partial charge in [-0.3, -0.25) is 9.59 Å². The van der Waals surface area contributed by atoms with E-state index < -0.39 is 6.04 Å². The van der Waals surface area contributed by atoms with Crippen molar-refractivity contribution in [2.24, 2.45) is 0 Å². The molecule has 3 aromatic rings. The smallest absolute Gasteiger partial charge is 0.242 e. The SMILES string of the molecule is CSc1cccc(-c2cc(CCC(=O)NC3CCNC3=O)c(-c3ccc(F)cc3)[nH]2)c1. The second kappa shape index (κ2) is 9.39. The Morgan fingerprint density at radius 2 is 1.97 bits per heavy atom. The molecule has 1 aromatic heterocycles. The van der Waals surface area contributed by atoms with Crippen LogP contribution in [0.5, 0.6) is 0 Å². The van der Waals surface area contributed by atoms with Crippen molar-refractivity contribution in [2.75, 3.05) is 12.8 Å². The van der Waals surface area contributed by atoms with Gasteiger partial charge in [-0.25, -0.2) is 4.39 Å². The second-order valence-corrected chi connectivity index (χ2v) is 8.40. The molecule has 1 saturated heterocycles. The van der Waals surface area contributed by atoms with Gasteiger partial charge >= 0.3 is 0 Å². The van der Waals surface area contributed by atoms with Crippen LogP contribution in [0.25, 0.3) is 22.5 Å². The van der Waals surface area contributed by atoms with Crippen LogP contribution in [0, 0.1) is 5.82 Å². The number of nitrogens with one attached hydrogen (secondary N) is 3. The fourth-order valence-corrected chi connectivity index (χ4v) is 4.22. The van der Waals surface area contributed by atoms with Crippen molar-refractivity contribution in [2.45, 2.75) is 30.2 Å². The minimum absolute atomic E-state index is 0.127. The molecule has 1 aliphatic rings. The summed E-state index contributed by atoms with van der Waals surface area (Å²) < 4.78 is 13.4. The molecule has 4 rings (SSSR count). The molecule has 160 valence electrons. The monoisotopic (exact) mass is 437 g/mol. The van der Waals surface area contributed by atoms with Crippen LogP contribution in [0.2, 0.25) is 0 Å². The number of aryl methyl sites for hydroxylation is 1. The lowest BCUT2D eigenvalue weighted by atomic mass is 10.0. The van der Waals surface area contributed by atoms with E-state index in [-0.39, 0.29) is 24.1 Å². The van der Waals surface area contributed by atoms with Crippen molar-refractivity contribution in [3.8, 4) is 22.5 Å². The van der Waals surface area contributed by atoms with Crippen LogP contribution in [0.1, 0.15) is 18.4 Å². The Hall–Kier alpha value is -3.06. The maximum absolute atomic E-state index is 13.4. The van der Waals surface area contributed by atoms with Gasteiger partial charge in [-0.2, -0.15) is 0 Å². The predicted octanol–water partition coefficient (Wildman–Crippen LogP) is 4.15. The molecule has 5 nitrogen and oxygen atoms in total. The number of carbonyl (C=O) groups is 2. The molecule has 1 fully saturated rings. The van der Waals surface area contributed by atoms with E-state index in [1.807, 2.05) is 24.5 Å². The number of aromatic nitrogens is 1. The van der Waals surface area contributed by atoms with Crippen molar-refractivity contribution >= 4 is 23.6 Å². The van der Waals surface area contributed by atoms with Crippen molar-refractivity contribution in [3.63, 3.8) is 0 Å². The van der Waals surface area contributed by atoms with Gasteiger partial charge in [0.25, 0.3) is 0 Å². The molecule has 0 saturated carbocycles. The highest BCUT2D eigenvalue weighted by Crippen LogP contribution is 2.31. The summed E-state index contributed by atoms with van der Waals surface area (Å²) in [5, 5.41) is 5.53. The summed E-state index contributed by atoms with van der Waals surface area (Å²) in [5.74, 6) is -0.573. The second-order valence-electron chi connectivity index (χ2n) is 7.52. The van der Waals surface area contributed by atoms with Crippen LogP contribution >= 0.6 is 11.8 Å². The molecule has 2 aromatic carbocycles. The highest BCUT2D eigenvalue weighted by Gasteiger charge is 2.25. The zero-order valence-corrected chi connectivity index (χ0v) is 18.0. The van der Waals surface area contributed by atoms with E-state index in [4.69, 9.17) is 0 Å². The normalized spacial score (nSPS) is 15.7. The fourth-order valence-electron chi connectivity index (χ4n) is 3.76. The van der Waals surface area contributed by atoms with Gasteiger partial charge in [-0.1, -0.05) is 12.1 Å². The van der Waals surface area contributed by atoms with Crippen LogP contribution in [-0.4, -0.2) is 35.6 Å².